The number of rotatable bonds is 4. The lowest BCUT2D eigenvalue weighted by Gasteiger charge is -2.21. The second-order valence-corrected chi connectivity index (χ2v) is 8.78. The van der Waals surface area contributed by atoms with E-state index in [1.807, 2.05) is 40.8 Å². The van der Waals surface area contributed by atoms with E-state index in [2.05, 4.69) is 20.4 Å². The molecule has 2 aliphatic rings. The molecular formula is C27H40FN5O2. The summed E-state index contributed by atoms with van der Waals surface area (Å²) in [6.07, 6.45) is 5.35. The Morgan fingerprint density at radius 2 is 1.77 bits per heavy atom. The fourth-order valence-electron chi connectivity index (χ4n) is 4.52. The lowest BCUT2D eigenvalue weighted by molar-refractivity contribution is 0.0799. The van der Waals surface area contributed by atoms with Crippen molar-refractivity contribution in [1.82, 2.24) is 20.4 Å². The molecule has 0 amide bonds. The molecule has 35 heavy (non-hydrogen) atoms. The number of pyridine rings is 1. The van der Waals surface area contributed by atoms with Gasteiger partial charge in [0.15, 0.2) is 5.82 Å². The lowest BCUT2D eigenvalue weighted by atomic mass is 10.00. The first-order valence-electron chi connectivity index (χ1n) is 12.9. The van der Waals surface area contributed by atoms with Crippen LogP contribution in [-0.2, 0) is 11.2 Å². The number of nitrogens with one attached hydrogen (secondary N) is 1. The summed E-state index contributed by atoms with van der Waals surface area (Å²) in [5.41, 5.74) is 3.13. The first-order chi connectivity index (χ1) is 17.0. The summed E-state index contributed by atoms with van der Waals surface area (Å²) in [4.78, 5) is 11.3. The smallest absolute Gasteiger partial charge is 0.261 e. The van der Waals surface area contributed by atoms with E-state index in [0.29, 0.717) is 23.3 Å². The van der Waals surface area contributed by atoms with Crippen LogP contribution < -0.4 is 10.2 Å². The summed E-state index contributed by atoms with van der Waals surface area (Å²) in [5.74, 6) is 1.50. The van der Waals surface area contributed by atoms with Crippen LogP contribution in [0, 0.1) is 19.7 Å². The van der Waals surface area contributed by atoms with Gasteiger partial charge in [0.05, 0.1) is 5.56 Å². The fraction of sp³-hybridized carbons (Fsp3) is 0.593. The van der Waals surface area contributed by atoms with Crippen LogP contribution in [0.15, 0.2) is 16.7 Å². The molecule has 192 valence electrons. The Balaban J connectivity index is 0.000000289. The van der Waals surface area contributed by atoms with Crippen LogP contribution in [0.1, 0.15) is 63.4 Å². The Morgan fingerprint density at radius 1 is 1.09 bits per heavy atom. The average molecular weight is 486 g/mol. The predicted molar refractivity (Wildman–Crippen MR) is 140 cm³/mol. The second-order valence-electron chi connectivity index (χ2n) is 8.78. The maximum Gasteiger partial charge on any atom is 0.261 e. The minimum absolute atomic E-state index is 0.272. The molecule has 0 atom stereocenters. The van der Waals surface area contributed by atoms with Crippen molar-refractivity contribution in [2.75, 3.05) is 38.3 Å². The molecule has 4 heterocycles. The van der Waals surface area contributed by atoms with Gasteiger partial charge in [-0.15, -0.1) is 0 Å². The first kappa shape index (κ1) is 27.0. The van der Waals surface area contributed by atoms with Crippen LogP contribution in [0.25, 0.3) is 22.4 Å². The zero-order chi connectivity index (χ0) is 25.4. The largest absolute Gasteiger partial charge is 0.381 e. The van der Waals surface area contributed by atoms with E-state index in [9.17, 15) is 4.39 Å². The highest BCUT2D eigenvalue weighted by Crippen LogP contribution is 2.38. The van der Waals surface area contributed by atoms with Crippen molar-refractivity contribution in [3.05, 3.63) is 34.9 Å². The van der Waals surface area contributed by atoms with Gasteiger partial charge in [-0.2, -0.15) is 4.98 Å². The number of hydrogen-bond donors (Lipinski definition) is 1. The number of benzene rings is 1. The Kier molecular flexibility index (Phi) is 9.98. The van der Waals surface area contributed by atoms with Gasteiger partial charge in [-0.25, -0.2) is 9.37 Å². The van der Waals surface area contributed by atoms with Crippen molar-refractivity contribution < 1.29 is 13.7 Å². The molecule has 5 rings (SSSR count). The van der Waals surface area contributed by atoms with E-state index in [1.165, 1.54) is 12.8 Å². The van der Waals surface area contributed by atoms with Crippen molar-refractivity contribution in [3.63, 3.8) is 0 Å². The summed E-state index contributed by atoms with van der Waals surface area (Å²) in [6, 6.07) is 4.31. The topological polar surface area (TPSA) is 76.3 Å². The van der Waals surface area contributed by atoms with Crippen LogP contribution >= 0.6 is 0 Å². The van der Waals surface area contributed by atoms with Gasteiger partial charge in [-0.3, -0.25) is 0 Å². The molecule has 0 radical (unpaired) electrons. The van der Waals surface area contributed by atoms with E-state index in [-0.39, 0.29) is 5.82 Å². The molecule has 0 bridgehead atoms. The van der Waals surface area contributed by atoms with Crippen molar-refractivity contribution >= 4 is 16.7 Å². The van der Waals surface area contributed by atoms with Gasteiger partial charge in [-0.05, 0) is 76.3 Å². The molecular weight excluding hydrogens is 445 g/mol. The molecule has 2 aromatic heterocycles. The second kappa shape index (κ2) is 12.9. The van der Waals surface area contributed by atoms with Gasteiger partial charge in [0.2, 0.25) is 0 Å². The van der Waals surface area contributed by atoms with Gasteiger partial charge < -0.3 is 19.5 Å². The quantitative estimate of drug-likeness (QED) is 0.514. The molecule has 0 spiro atoms. The van der Waals surface area contributed by atoms with Crippen LogP contribution in [-0.4, -0.2) is 54.5 Å². The normalized spacial score (nSPS) is 16.0. The number of anilines is 1. The zero-order valence-electron chi connectivity index (χ0n) is 22.1. The van der Waals surface area contributed by atoms with E-state index in [4.69, 9.17) is 14.2 Å². The van der Waals surface area contributed by atoms with Gasteiger partial charge in [0.1, 0.15) is 17.2 Å². The van der Waals surface area contributed by atoms with E-state index in [1.54, 1.807) is 13.0 Å². The summed E-state index contributed by atoms with van der Waals surface area (Å²) in [6.45, 7) is 13.5. The number of aromatic nitrogens is 3. The van der Waals surface area contributed by atoms with Crippen LogP contribution in [0.5, 0.6) is 0 Å². The summed E-state index contributed by atoms with van der Waals surface area (Å²) < 4.78 is 25.3. The number of ether oxygens (including phenoxy) is 1. The van der Waals surface area contributed by atoms with Crippen molar-refractivity contribution in [3.8, 4) is 11.5 Å². The minimum Gasteiger partial charge on any atom is -0.381 e. The Labute approximate surface area is 208 Å². The number of hydrogen-bond acceptors (Lipinski definition) is 7. The zero-order valence-corrected chi connectivity index (χ0v) is 22.1. The Hall–Kier alpha value is -2.58. The highest BCUT2D eigenvalue weighted by atomic mass is 19.1. The first-order valence-corrected chi connectivity index (χ1v) is 12.9. The van der Waals surface area contributed by atoms with E-state index < -0.39 is 0 Å². The number of halogens is 1. The highest BCUT2D eigenvalue weighted by molar-refractivity contribution is 5.93. The molecule has 2 aliphatic heterocycles. The van der Waals surface area contributed by atoms with Gasteiger partial charge in [0, 0.05) is 37.7 Å². The molecule has 7 nitrogen and oxygen atoms in total. The molecule has 2 saturated heterocycles. The predicted octanol–water partition coefficient (Wildman–Crippen LogP) is 5.61. The van der Waals surface area contributed by atoms with Crippen molar-refractivity contribution in [1.29, 1.82) is 0 Å². The van der Waals surface area contributed by atoms with Crippen LogP contribution in [0.4, 0.5) is 10.2 Å². The van der Waals surface area contributed by atoms with E-state index in [0.717, 1.165) is 73.5 Å². The lowest BCUT2D eigenvalue weighted by Crippen LogP contribution is -2.31. The standard InChI is InChI=1S/C19H21FN4O.C6H13NO.C2H6/c1-4-13-9-14-11(2)16(19-21-12(3)23-25-19)18(24-7-5-6-8-24)22-17(14)15(20)10-13;1-7-6-2-4-8-5-3-6;1-2/h9-10H,4-8H2,1-3H3;6-7H,2-5H2,1H3;1-2H3. The Morgan fingerprint density at radius 3 is 2.31 bits per heavy atom. The molecule has 3 aromatic rings. The molecule has 2 fully saturated rings. The average Bonchev–Trinajstić information content (AvgIpc) is 3.58. The molecule has 0 unspecified atom stereocenters. The third-order valence-electron chi connectivity index (χ3n) is 6.53. The molecule has 0 saturated carbocycles. The van der Waals surface area contributed by atoms with Gasteiger partial charge in [-0.1, -0.05) is 25.9 Å². The van der Waals surface area contributed by atoms with Gasteiger partial charge in [0.25, 0.3) is 5.89 Å². The highest BCUT2D eigenvalue weighted by Gasteiger charge is 2.26. The van der Waals surface area contributed by atoms with Crippen LogP contribution in [0.3, 0.4) is 0 Å². The van der Waals surface area contributed by atoms with Gasteiger partial charge >= 0.3 is 0 Å². The molecule has 8 heteroatoms. The summed E-state index contributed by atoms with van der Waals surface area (Å²) >= 11 is 0. The fourth-order valence-corrected chi connectivity index (χ4v) is 4.52. The van der Waals surface area contributed by atoms with Crippen molar-refractivity contribution in [2.24, 2.45) is 0 Å². The summed E-state index contributed by atoms with van der Waals surface area (Å²) in [7, 11) is 2.01. The molecule has 1 N–H and O–H groups in total. The van der Waals surface area contributed by atoms with Crippen molar-refractivity contribution in [2.45, 2.75) is 72.8 Å². The monoisotopic (exact) mass is 485 g/mol. The SMILES string of the molecule is CC.CCc1cc(F)c2nc(N3CCCC3)c(-c3nc(C)no3)c(C)c2c1.CNC1CCOCC1. The third kappa shape index (κ3) is 6.35. The number of aryl methyl sites for hydroxylation is 3. The number of nitrogens with zero attached hydrogens (tertiary/aromatic N) is 4. The number of fused-ring (bicyclic) bond motifs is 1. The summed E-state index contributed by atoms with van der Waals surface area (Å²) in [5, 5.41) is 7.96. The molecule has 1 aromatic carbocycles. The third-order valence-corrected chi connectivity index (χ3v) is 6.53. The minimum atomic E-state index is -0.272. The maximum atomic E-state index is 14.7. The Bertz CT molecular complexity index is 1090. The van der Waals surface area contributed by atoms with E-state index >= 15 is 0 Å². The molecule has 0 aliphatic carbocycles. The maximum absolute atomic E-state index is 14.7. The van der Waals surface area contributed by atoms with Crippen LogP contribution in [0.2, 0.25) is 0 Å².